The molecule has 11 nitrogen and oxygen atoms in total. The summed E-state index contributed by atoms with van der Waals surface area (Å²) in [5.74, 6) is 0.181. The van der Waals surface area contributed by atoms with E-state index in [0.29, 0.717) is 30.3 Å². The van der Waals surface area contributed by atoms with E-state index < -0.39 is 7.26 Å². The molecular formula is C61H91Br4N5O6P-. The topological polar surface area (TPSA) is 115 Å². The zero-order valence-corrected chi connectivity index (χ0v) is 56.6. The molecule has 430 valence electrons. The van der Waals surface area contributed by atoms with Crippen molar-refractivity contribution in [2.75, 3.05) is 47.2 Å². The maximum absolute atomic E-state index is 13.5. The summed E-state index contributed by atoms with van der Waals surface area (Å²) in [7, 11) is 3.66. The summed E-state index contributed by atoms with van der Waals surface area (Å²) in [6, 6.07) is 31.1. The van der Waals surface area contributed by atoms with Crippen molar-refractivity contribution in [3.63, 3.8) is 0 Å². The number of benzene rings is 3. The number of halogens is 4. The van der Waals surface area contributed by atoms with Crippen molar-refractivity contribution < 1.29 is 84.2 Å². The smallest absolute Gasteiger partial charge is 0.237 e. The van der Waals surface area contributed by atoms with Crippen LogP contribution in [0.1, 0.15) is 123 Å². The second-order valence-electron chi connectivity index (χ2n) is 25.5. The Bertz CT molecular complexity index is 2330. The molecule has 0 N–H and O–H groups in total. The van der Waals surface area contributed by atoms with Gasteiger partial charge in [-0.25, -0.2) is 9.80 Å². The Balaban J connectivity index is 0.00000107. The average Bonchev–Trinajstić information content (AvgIpc) is 3.97. The Morgan fingerprint density at radius 1 is 0.442 bits per heavy atom. The lowest BCUT2D eigenvalue weighted by atomic mass is 9.79. The SMILES string of the molecule is Br.C=C1CC(C(C)(C)C)C(=O)N1CC.C=C1CC(C(C)(C)C)C(=O)N1CC.CC(C)(C)C1CC(=O)N(C[N+](C)(C)C)C1=O.CC(C)(C)C1CC(=O)N(C[P+](c2ccccc2)(c2ccccc2)c2ccccc2)C1=O.[Br-].[Br-].[Br-]. The molecule has 4 aliphatic heterocycles. The fourth-order valence-electron chi connectivity index (χ4n) is 10.1. The first-order valence-electron chi connectivity index (χ1n) is 26.1. The lowest BCUT2D eigenvalue weighted by Gasteiger charge is -2.31. The lowest BCUT2D eigenvalue weighted by Crippen LogP contribution is -3.00. The highest BCUT2D eigenvalue weighted by Crippen LogP contribution is 2.57. The molecule has 0 aromatic heterocycles. The summed E-state index contributed by atoms with van der Waals surface area (Å²) >= 11 is 0. The van der Waals surface area contributed by atoms with Crippen LogP contribution in [0.4, 0.5) is 0 Å². The van der Waals surface area contributed by atoms with Crippen molar-refractivity contribution in [2.45, 2.75) is 123 Å². The summed E-state index contributed by atoms with van der Waals surface area (Å²) in [5, 5.41) is 3.52. The largest absolute Gasteiger partial charge is 1.00 e. The van der Waals surface area contributed by atoms with Gasteiger partial charge in [0, 0.05) is 49.2 Å². The van der Waals surface area contributed by atoms with Crippen LogP contribution in [0.5, 0.6) is 0 Å². The van der Waals surface area contributed by atoms with Gasteiger partial charge in [-0.15, -0.1) is 17.0 Å². The van der Waals surface area contributed by atoms with Gasteiger partial charge in [-0.1, -0.05) is 151 Å². The second-order valence-corrected chi connectivity index (χ2v) is 28.9. The molecule has 0 radical (unpaired) electrons. The van der Waals surface area contributed by atoms with Gasteiger partial charge in [0.1, 0.15) is 23.2 Å². The Morgan fingerprint density at radius 3 is 0.909 bits per heavy atom. The van der Waals surface area contributed by atoms with Crippen LogP contribution in [-0.2, 0) is 28.8 Å². The summed E-state index contributed by atoms with van der Waals surface area (Å²) in [5.41, 5.74) is 1.70. The standard InChI is InChI=1S/C27H29NO2P.C12H23N2O2.2C11H19NO.4BrH/c1-27(2,3)24-19-25(29)28(26(24)30)20-31(21-13-7-4-8-14-21,22-15-9-5-10-16-22)23-17-11-6-12-18-23;1-12(2,3)9-7-10(15)13(11(9)16)8-14(4,5)6;2*1-6-12-8(2)7-9(10(12)13)11(3,4)5;;;;/h4-18,24H,19-20H2,1-3H3;9H,7-8H2,1-6H3;2*9H,2,6-7H2,1,3-5H3;4*1H/q2*+1;;;;;;/p-3. The number of hydrogen-bond donors (Lipinski definition) is 0. The van der Waals surface area contributed by atoms with E-state index in [1.54, 1.807) is 14.7 Å². The van der Waals surface area contributed by atoms with Crippen LogP contribution in [-0.4, -0.2) is 107 Å². The Morgan fingerprint density at radius 2 is 0.688 bits per heavy atom. The molecule has 0 saturated carbocycles. The molecule has 0 aliphatic carbocycles. The first-order chi connectivity index (χ1) is 33.6. The molecule has 4 atom stereocenters. The van der Waals surface area contributed by atoms with Gasteiger partial charge in [-0.3, -0.25) is 28.8 Å². The summed E-state index contributed by atoms with van der Waals surface area (Å²) in [4.78, 5) is 80.8. The minimum Gasteiger partial charge on any atom is -1.00 e. The van der Waals surface area contributed by atoms with Gasteiger partial charge >= 0.3 is 0 Å². The van der Waals surface area contributed by atoms with Crippen LogP contribution < -0.4 is 66.9 Å². The molecule has 4 unspecified atom stereocenters. The number of rotatable bonds is 9. The van der Waals surface area contributed by atoms with Gasteiger partial charge in [-0.2, -0.15) is 0 Å². The number of allylic oxidation sites excluding steroid dienone is 2. The van der Waals surface area contributed by atoms with Crippen LogP contribution in [0.15, 0.2) is 116 Å². The minimum absolute atomic E-state index is 0. The molecule has 4 heterocycles. The minimum atomic E-state index is -2.27. The first-order valence-corrected chi connectivity index (χ1v) is 28.1. The molecule has 77 heavy (non-hydrogen) atoms. The van der Waals surface area contributed by atoms with E-state index in [2.05, 4.69) is 91.1 Å². The maximum Gasteiger partial charge on any atom is 0.237 e. The Labute approximate surface area is 506 Å². The van der Waals surface area contributed by atoms with Crippen molar-refractivity contribution in [3.8, 4) is 0 Å². The molecule has 6 amide bonds. The van der Waals surface area contributed by atoms with E-state index in [-0.39, 0.29) is 149 Å². The molecule has 16 heteroatoms. The molecule has 4 fully saturated rings. The molecule has 0 bridgehead atoms. The monoisotopic (exact) mass is 1340 g/mol. The number of nitrogens with zero attached hydrogens (tertiary/aromatic N) is 5. The number of quaternary nitrogens is 1. The normalized spacial score (nSPS) is 20.0. The van der Waals surface area contributed by atoms with Gasteiger partial charge in [0.15, 0.2) is 13.0 Å². The van der Waals surface area contributed by atoms with Crippen LogP contribution in [0.2, 0.25) is 0 Å². The highest BCUT2D eigenvalue weighted by atomic mass is 79.9. The van der Waals surface area contributed by atoms with E-state index in [0.717, 1.165) is 37.3 Å². The van der Waals surface area contributed by atoms with Crippen molar-refractivity contribution in [2.24, 2.45) is 45.3 Å². The van der Waals surface area contributed by atoms with Gasteiger partial charge in [0.2, 0.25) is 35.4 Å². The first kappa shape index (κ1) is 73.7. The maximum atomic E-state index is 13.5. The van der Waals surface area contributed by atoms with Crippen molar-refractivity contribution in [1.29, 1.82) is 0 Å². The van der Waals surface area contributed by atoms with E-state index >= 15 is 0 Å². The third-order valence-corrected chi connectivity index (χ3v) is 18.8. The van der Waals surface area contributed by atoms with Gasteiger partial charge < -0.3 is 65.2 Å². The predicted octanol–water partition coefficient (Wildman–Crippen LogP) is 1.85. The van der Waals surface area contributed by atoms with E-state index in [1.807, 2.05) is 131 Å². The summed E-state index contributed by atoms with van der Waals surface area (Å²) in [6.07, 6.45) is 2.71. The summed E-state index contributed by atoms with van der Waals surface area (Å²) < 4.78 is 0.592. The van der Waals surface area contributed by atoms with Crippen molar-refractivity contribution in [1.82, 2.24) is 19.6 Å². The molecule has 4 aliphatic rings. The quantitative estimate of drug-likeness (QED) is 0.184. The van der Waals surface area contributed by atoms with E-state index in [9.17, 15) is 28.8 Å². The molecular weight excluding hydrogens is 1250 g/mol. The number of imide groups is 2. The zero-order chi connectivity index (χ0) is 55.2. The number of hydrogen-bond acceptors (Lipinski definition) is 6. The van der Waals surface area contributed by atoms with Gasteiger partial charge in [0.25, 0.3) is 0 Å². The summed E-state index contributed by atoms with van der Waals surface area (Å²) in [6.45, 7) is 38.7. The average molecular weight is 1340 g/mol. The van der Waals surface area contributed by atoms with Gasteiger partial charge in [-0.05, 0) is 84.7 Å². The fraction of sp³-hybridized carbons (Fsp3) is 0.541. The molecule has 3 aromatic carbocycles. The molecule has 7 rings (SSSR count). The fourth-order valence-corrected chi connectivity index (χ4v) is 14.2. The van der Waals surface area contributed by atoms with Gasteiger partial charge in [0.05, 0.1) is 33.0 Å². The molecule has 0 spiro atoms. The second kappa shape index (κ2) is 29.4. The number of carbonyl (C=O) groups excluding carboxylic acids is 6. The Hall–Kier alpha value is -3.33. The Kier molecular flexibility index (Phi) is 28.1. The van der Waals surface area contributed by atoms with E-state index in [1.165, 1.54) is 20.8 Å². The molecule has 4 saturated heterocycles. The highest BCUT2D eigenvalue weighted by Gasteiger charge is 2.54. The van der Waals surface area contributed by atoms with E-state index in [4.69, 9.17) is 0 Å². The van der Waals surface area contributed by atoms with Crippen molar-refractivity contribution in [3.05, 3.63) is 116 Å². The third kappa shape index (κ3) is 18.3. The number of amides is 6. The molecule has 3 aromatic rings. The number of likely N-dealkylation sites (tertiary alicyclic amines) is 4. The van der Waals surface area contributed by atoms with Crippen LogP contribution in [0.3, 0.4) is 0 Å². The zero-order valence-electron chi connectivity index (χ0n) is 49.2. The van der Waals surface area contributed by atoms with Crippen LogP contribution >= 0.6 is 24.2 Å². The van der Waals surface area contributed by atoms with Crippen LogP contribution in [0, 0.1) is 45.3 Å². The third-order valence-electron chi connectivity index (χ3n) is 14.6. The lowest BCUT2D eigenvalue weighted by molar-refractivity contribution is -0.877. The highest BCUT2D eigenvalue weighted by molar-refractivity contribution is 8.93. The van der Waals surface area contributed by atoms with Crippen molar-refractivity contribution >= 4 is 75.6 Å². The van der Waals surface area contributed by atoms with Crippen LogP contribution in [0.25, 0.3) is 0 Å². The number of carbonyl (C=O) groups is 6. The predicted molar refractivity (Wildman–Crippen MR) is 310 cm³/mol.